The highest BCUT2D eigenvalue weighted by atomic mass is 32.1. The van der Waals surface area contributed by atoms with Crippen molar-refractivity contribution < 1.29 is 14.4 Å². The number of aryl methyl sites for hydroxylation is 1. The highest BCUT2D eigenvalue weighted by Crippen LogP contribution is 2.23. The van der Waals surface area contributed by atoms with Gasteiger partial charge in [-0.3, -0.25) is 19.7 Å². The quantitative estimate of drug-likeness (QED) is 0.557. The minimum absolute atomic E-state index is 0.102. The number of nitrogens with one attached hydrogen (secondary N) is 3. The van der Waals surface area contributed by atoms with Gasteiger partial charge >= 0.3 is 0 Å². The Labute approximate surface area is 157 Å². The molecule has 2 amide bonds. The van der Waals surface area contributed by atoms with Crippen molar-refractivity contribution in [2.24, 2.45) is 0 Å². The molecule has 6 nitrogen and oxygen atoms in total. The fraction of sp³-hybridized carbons (Fsp3) is 0.158. The van der Waals surface area contributed by atoms with E-state index in [2.05, 4.69) is 16.0 Å². The monoisotopic (exact) mass is 369 g/mol. The molecular weight excluding hydrogens is 350 g/mol. The first-order valence-corrected chi connectivity index (χ1v) is 8.33. The van der Waals surface area contributed by atoms with Crippen molar-refractivity contribution in [3.8, 4) is 0 Å². The molecule has 2 aromatic rings. The SMILES string of the molecule is CC(=O)CC(=O)Nc1cc(C)ccc1NC(=S)NC(=O)c1ccccc1. The molecule has 0 spiro atoms. The van der Waals surface area contributed by atoms with Gasteiger partial charge in [0.2, 0.25) is 5.91 Å². The molecule has 3 N–H and O–H groups in total. The summed E-state index contributed by atoms with van der Waals surface area (Å²) in [6.45, 7) is 3.23. The minimum atomic E-state index is -0.412. The van der Waals surface area contributed by atoms with Crippen molar-refractivity contribution in [1.82, 2.24) is 5.32 Å². The summed E-state index contributed by atoms with van der Waals surface area (Å²) in [6, 6.07) is 14.0. The molecule has 26 heavy (non-hydrogen) atoms. The average molecular weight is 369 g/mol. The van der Waals surface area contributed by atoms with Crippen LogP contribution in [0.5, 0.6) is 0 Å². The van der Waals surface area contributed by atoms with Crippen LogP contribution in [0.15, 0.2) is 48.5 Å². The second kappa shape index (κ2) is 8.87. The Morgan fingerprint density at radius 3 is 2.31 bits per heavy atom. The maximum atomic E-state index is 12.1. The number of carbonyl (C=O) groups is 3. The largest absolute Gasteiger partial charge is 0.331 e. The predicted octanol–water partition coefficient (Wildman–Crippen LogP) is 3.04. The van der Waals surface area contributed by atoms with Gasteiger partial charge < -0.3 is 10.6 Å². The van der Waals surface area contributed by atoms with Crippen molar-refractivity contribution in [2.75, 3.05) is 10.6 Å². The summed E-state index contributed by atoms with van der Waals surface area (Å²) < 4.78 is 0. The summed E-state index contributed by atoms with van der Waals surface area (Å²) in [5.74, 6) is -0.974. The second-order valence-electron chi connectivity index (χ2n) is 5.75. The fourth-order valence-corrected chi connectivity index (χ4v) is 2.41. The topological polar surface area (TPSA) is 87.3 Å². The van der Waals surface area contributed by atoms with Crippen LogP contribution in [0.2, 0.25) is 0 Å². The third kappa shape index (κ3) is 5.78. The molecule has 0 aliphatic carbocycles. The van der Waals surface area contributed by atoms with E-state index in [1.54, 1.807) is 36.4 Å². The summed E-state index contributed by atoms with van der Waals surface area (Å²) in [6.07, 6.45) is -0.206. The first-order valence-electron chi connectivity index (χ1n) is 7.92. The average Bonchev–Trinajstić information content (AvgIpc) is 2.57. The minimum Gasteiger partial charge on any atom is -0.331 e. The molecule has 0 bridgehead atoms. The van der Waals surface area contributed by atoms with Gasteiger partial charge in [-0.15, -0.1) is 0 Å². The second-order valence-corrected chi connectivity index (χ2v) is 6.16. The molecule has 0 heterocycles. The van der Waals surface area contributed by atoms with Gasteiger partial charge in [0.25, 0.3) is 5.91 Å². The van der Waals surface area contributed by atoms with E-state index < -0.39 is 5.91 Å². The van der Waals surface area contributed by atoms with Crippen LogP contribution >= 0.6 is 12.2 Å². The van der Waals surface area contributed by atoms with Gasteiger partial charge in [-0.25, -0.2) is 0 Å². The van der Waals surface area contributed by atoms with Gasteiger partial charge in [0, 0.05) is 5.56 Å². The van der Waals surface area contributed by atoms with E-state index in [4.69, 9.17) is 12.2 Å². The molecule has 0 unspecified atom stereocenters. The fourth-order valence-electron chi connectivity index (χ4n) is 2.21. The number of thiocarbonyl (C=S) groups is 1. The number of hydrogen-bond acceptors (Lipinski definition) is 4. The third-order valence-corrected chi connectivity index (χ3v) is 3.57. The maximum Gasteiger partial charge on any atom is 0.257 e. The molecule has 0 saturated heterocycles. The lowest BCUT2D eigenvalue weighted by atomic mass is 10.2. The Kier molecular flexibility index (Phi) is 6.57. The van der Waals surface area contributed by atoms with E-state index in [9.17, 15) is 14.4 Å². The molecule has 134 valence electrons. The summed E-state index contributed by atoms with van der Waals surface area (Å²) in [4.78, 5) is 35.1. The zero-order chi connectivity index (χ0) is 19.1. The van der Waals surface area contributed by atoms with E-state index in [0.29, 0.717) is 16.9 Å². The van der Waals surface area contributed by atoms with Gasteiger partial charge in [-0.1, -0.05) is 24.3 Å². The van der Waals surface area contributed by atoms with E-state index in [-0.39, 0.29) is 23.2 Å². The number of rotatable bonds is 5. The van der Waals surface area contributed by atoms with E-state index >= 15 is 0 Å². The van der Waals surface area contributed by atoms with Crippen molar-refractivity contribution in [1.29, 1.82) is 0 Å². The smallest absolute Gasteiger partial charge is 0.257 e. The number of carbonyl (C=O) groups excluding carboxylic acids is 3. The summed E-state index contributed by atoms with van der Waals surface area (Å²) in [7, 11) is 0. The molecule has 2 aromatic carbocycles. The molecule has 0 aliphatic rings. The lowest BCUT2D eigenvalue weighted by Gasteiger charge is -2.15. The first-order chi connectivity index (χ1) is 12.3. The molecule has 0 saturated carbocycles. The van der Waals surface area contributed by atoms with Crippen molar-refractivity contribution in [3.63, 3.8) is 0 Å². The van der Waals surface area contributed by atoms with Gasteiger partial charge in [0.15, 0.2) is 5.11 Å². The molecule has 0 fully saturated rings. The lowest BCUT2D eigenvalue weighted by Crippen LogP contribution is -2.34. The predicted molar refractivity (Wildman–Crippen MR) is 105 cm³/mol. The highest BCUT2D eigenvalue weighted by Gasteiger charge is 2.12. The molecule has 0 radical (unpaired) electrons. The number of Topliss-reactive ketones (excluding diaryl/α,β-unsaturated/α-hetero) is 1. The maximum absolute atomic E-state index is 12.1. The Morgan fingerprint density at radius 2 is 1.65 bits per heavy atom. The van der Waals surface area contributed by atoms with E-state index in [0.717, 1.165) is 5.56 Å². The van der Waals surface area contributed by atoms with Crippen LogP contribution in [0.1, 0.15) is 29.3 Å². The van der Waals surface area contributed by atoms with E-state index in [1.165, 1.54) is 6.92 Å². The Balaban J connectivity index is 2.08. The summed E-state index contributed by atoms with van der Waals surface area (Å²) in [5.41, 5.74) is 2.40. The zero-order valence-corrected chi connectivity index (χ0v) is 15.3. The van der Waals surface area contributed by atoms with Crippen molar-refractivity contribution >= 4 is 46.3 Å². The molecular formula is C19H19N3O3S. The number of amides is 2. The van der Waals surface area contributed by atoms with Crippen molar-refractivity contribution in [3.05, 3.63) is 59.7 Å². The van der Waals surface area contributed by atoms with Crippen LogP contribution < -0.4 is 16.0 Å². The zero-order valence-electron chi connectivity index (χ0n) is 14.5. The van der Waals surface area contributed by atoms with Crippen molar-refractivity contribution in [2.45, 2.75) is 20.3 Å². The number of ketones is 1. The first kappa shape index (κ1) is 19.3. The van der Waals surface area contributed by atoms with Gasteiger partial charge in [-0.2, -0.15) is 0 Å². The van der Waals surface area contributed by atoms with Crippen LogP contribution in [0.25, 0.3) is 0 Å². The van der Waals surface area contributed by atoms with Gasteiger partial charge in [0.05, 0.1) is 17.8 Å². The summed E-state index contributed by atoms with van der Waals surface area (Å²) >= 11 is 5.18. The highest BCUT2D eigenvalue weighted by molar-refractivity contribution is 7.80. The van der Waals surface area contributed by atoms with Crippen LogP contribution in [-0.4, -0.2) is 22.7 Å². The molecule has 0 atom stereocenters. The number of anilines is 2. The van der Waals surface area contributed by atoms with Crippen LogP contribution in [0.3, 0.4) is 0 Å². The molecule has 0 aliphatic heterocycles. The van der Waals surface area contributed by atoms with Crippen LogP contribution in [0.4, 0.5) is 11.4 Å². The third-order valence-electron chi connectivity index (χ3n) is 3.37. The van der Waals surface area contributed by atoms with E-state index in [1.807, 2.05) is 19.1 Å². The normalized spacial score (nSPS) is 9.92. The number of hydrogen-bond donors (Lipinski definition) is 3. The Hall–Kier alpha value is -3.06. The molecule has 7 heteroatoms. The number of benzene rings is 2. The van der Waals surface area contributed by atoms with Gasteiger partial charge in [-0.05, 0) is 55.9 Å². The summed E-state index contributed by atoms with van der Waals surface area (Å²) in [5, 5.41) is 8.26. The Bertz CT molecular complexity index is 850. The molecule has 2 rings (SSSR count). The van der Waals surface area contributed by atoms with Gasteiger partial charge in [0.1, 0.15) is 5.78 Å². The molecule has 0 aromatic heterocycles. The standard InChI is InChI=1S/C19H19N3O3S/c1-12-8-9-15(16(10-12)20-17(24)11-13(2)23)21-19(26)22-18(25)14-6-4-3-5-7-14/h3-10H,11H2,1-2H3,(H,20,24)(H2,21,22,25,26). The Morgan fingerprint density at radius 1 is 0.962 bits per heavy atom. The van der Waals surface area contributed by atoms with Crippen LogP contribution in [-0.2, 0) is 9.59 Å². The van der Waals surface area contributed by atoms with Crippen LogP contribution in [0, 0.1) is 6.92 Å². The lowest BCUT2D eigenvalue weighted by molar-refractivity contribution is -0.124.